The molecule has 9 heteroatoms. The van der Waals surface area contributed by atoms with Crippen molar-refractivity contribution in [1.82, 2.24) is 19.9 Å². The van der Waals surface area contributed by atoms with E-state index in [0.717, 1.165) is 10.8 Å². The summed E-state index contributed by atoms with van der Waals surface area (Å²) >= 11 is 0. The molecule has 2 N–H and O–H groups in total. The van der Waals surface area contributed by atoms with E-state index in [4.69, 9.17) is 5.11 Å². The fourth-order valence-electron chi connectivity index (χ4n) is 4.67. The Hall–Kier alpha value is -5.70. The fraction of sp³-hybridized carbons (Fsp3) is 0.0312. The number of aromatic nitrogens is 3. The van der Waals surface area contributed by atoms with Crippen LogP contribution >= 0.6 is 0 Å². The van der Waals surface area contributed by atoms with E-state index in [9.17, 15) is 18.8 Å². The van der Waals surface area contributed by atoms with E-state index in [1.165, 1.54) is 28.7 Å². The smallest absolute Gasteiger partial charge is 0.335 e. The first-order valence-electron chi connectivity index (χ1n) is 12.7. The van der Waals surface area contributed by atoms with Gasteiger partial charge in [-0.25, -0.2) is 9.18 Å². The Morgan fingerprint density at radius 3 is 2.27 bits per heavy atom. The van der Waals surface area contributed by atoms with Crippen LogP contribution in [-0.2, 0) is 6.54 Å². The summed E-state index contributed by atoms with van der Waals surface area (Å²) in [5.41, 5.74) is 2.56. The van der Waals surface area contributed by atoms with Crippen molar-refractivity contribution in [2.24, 2.45) is 0 Å². The number of carboxylic acids is 1. The topological polar surface area (TPSA) is 114 Å². The minimum atomic E-state index is -1.05. The quantitative estimate of drug-likeness (QED) is 0.255. The third-order valence-corrected chi connectivity index (χ3v) is 6.77. The summed E-state index contributed by atoms with van der Waals surface area (Å²) in [6.45, 7) is 0.0977. The molecule has 0 aliphatic carbocycles. The number of aromatic carboxylic acids is 1. The largest absolute Gasteiger partial charge is 0.478 e. The van der Waals surface area contributed by atoms with Crippen molar-refractivity contribution < 1.29 is 23.9 Å². The number of nitrogens with zero attached hydrogens (tertiary/aromatic N) is 3. The highest BCUT2D eigenvalue weighted by atomic mass is 19.1. The molecule has 41 heavy (non-hydrogen) atoms. The second-order valence-corrected chi connectivity index (χ2v) is 9.43. The third-order valence-electron chi connectivity index (χ3n) is 6.77. The van der Waals surface area contributed by atoms with Crippen LogP contribution in [0, 0.1) is 5.82 Å². The van der Waals surface area contributed by atoms with Crippen molar-refractivity contribution in [2.45, 2.75) is 6.54 Å². The fourth-order valence-corrected chi connectivity index (χ4v) is 4.67. The zero-order valence-electron chi connectivity index (χ0n) is 21.4. The summed E-state index contributed by atoms with van der Waals surface area (Å²) in [7, 11) is 0. The van der Waals surface area contributed by atoms with Gasteiger partial charge in [-0.05, 0) is 69.9 Å². The minimum absolute atomic E-state index is 0.0444. The lowest BCUT2D eigenvalue weighted by atomic mass is 10.0. The maximum atomic E-state index is 14.0. The Morgan fingerprint density at radius 2 is 1.51 bits per heavy atom. The number of ketones is 1. The second-order valence-electron chi connectivity index (χ2n) is 9.43. The van der Waals surface area contributed by atoms with Gasteiger partial charge in [0.1, 0.15) is 11.5 Å². The molecular weight excluding hydrogens is 523 g/mol. The van der Waals surface area contributed by atoms with E-state index in [2.05, 4.69) is 15.5 Å². The number of hydrogen-bond acceptors (Lipinski definition) is 5. The Labute approximate surface area is 232 Å². The van der Waals surface area contributed by atoms with E-state index in [1.54, 1.807) is 48.5 Å². The van der Waals surface area contributed by atoms with E-state index >= 15 is 0 Å². The summed E-state index contributed by atoms with van der Waals surface area (Å²) in [5.74, 6) is -2.47. The molecule has 0 fully saturated rings. The zero-order chi connectivity index (χ0) is 28.5. The summed E-state index contributed by atoms with van der Waals surface area (Å²) in [6.07, 6.45) is 0. The van der Waals surface area contributed by atoms with Gasteiger partial charge >= 0.3 is 5.97 Å². The molecule has 8 nitrogen and oxygen atoms in total. The van der Waals surface area contributed by atoms with Gasteiger partial charge in [-0.15, -0.1) is 10.2 Å². The molecule has 6 aromatic rings. The van der Waals surface area contributed by atoms with Crippen LogP contribution < -0.4 is 5.32 Å². The van der Waals surface area contributed by atoms with Crippen molar-refractivity contribution in [3.8, 4) is 11.1 Å². The van der Waals surface area contributed by atoms with Gasteiger partial charge in [-0.3, -0.25) is 14.0 Å². The van der Waals surface area contributed by atoms with Crippen LogP contribution in [-0.4, -0.2) is 37.4 Å². The number of fused-ring (bicyclic) bond motifs is 2. The highest BCUT2D eigenvalue weighted by molar-refractivity contribution is 6.09. The molecule has 0 atom stereocenters. The van der Waals surface area contributed by atoms with Crippen LogP contribution in [0.4, 0.5) is 4.39 Å². The maximum Gasteiger partial charge on any atom is 0.335 e. The molecule has 4 aromatic carbocycles. The SMILES string of the molecule is O=C(O)c1ccc(CNC(=O)c2cc(-c3cccc(F)c3)cc3nnc(C(=O)c4ccc5ccccc5c4)n23)cc1. The highest BCUT2D eigenvalue weighted by Crippen LogP contribution is 2.25. The van der Waals surface area contributed by atoms with Gasteiger partial charge in [0.05, 0.1) is 5.56 Å². The molecule has 0 aliphatic rings. The lowest BCUT2D eigenvalue weighted by Crippen LogP contribution is -2.26. The summed E-state index contributed by atoms with van der Waals surface area (Å²) < 4.78 is 15.4. The number of benzene rings is 4. The van der Waals surface area contributed by atoms with Crippen molar-refractivity contribution in [3.05, 3.63) is 137 Å². The van der Waals surface area contributed by atoms with Crippen molar-refractivity contribution >= 4 is 34.1 Å². The molecule has 0 bridgehead atoms. The highest BCUT2D eigenvalue weighted by Gasteiger charge is 2.23. The number of amides is 1. The maximum absolute atomic E-state index is 14.0. The first kappa shape index (κ1) is 25.6. The number of rotatable bonds is 7. The van der Waals surface area contributed by atoms with Crippen molar-refractivity contribution in [2.75, 3.05) is 0 Å². The number of carboxylic acid groups (broad SMARTS) is 1. The van der Waals surface area contributed by atoms with Crippen molar-refractivity contribution in [1.29, 1.82) is 0 Å². The first-order chi connectivity index (χ1) is 19.9. The average molecular weight is 545 g/mol. The van der Waals surface area contributed by atoms with Crippen LogP contribution in [0.1, 0.15) is 42.6 Å². The first-order valence-corrected chi connectivity index (χ1v) is 12.7. The van der Waals surface area contributed by atoms with Gasteiger partial charge in [-0.2, -0.15) is 0 Å². The van der Waals surface area contributed by atoms with Crippen LogP contribution in [0.25, 0.3) is 27.5 Å². The Kier molecular flexibility index (Phi) is 6.52. The number of carbonyl (C=O) groups excluding carboxylic acids is 2. The molecule has 2 aromatic heterocycles. The van der Waals surface area contributed by atoms with Gasteiger partial charge in [0, 0.05) is 12.1 Å². The Balaban J connectivity index is 1.41. The predicted molar refractivity (Wildman–Crippen MR) is 150 cm³/mol. The van der Waals surface area contributed by atoms with Crippen molar-refractivity contribution in [3.63, 3.8) is 0 Å². The molecule has 0 saturated carbocycles. The van der Waals surface area contributed by atoms with Crippen LogP contribution in [0.15, 0.2) is 103 Å². The molecule has 0 unspecified atom stereocenters. The summed E-state index contributed by atoms with van der Waals surface area (Å²) in [6, 6.07) is 28.2. The lowest BCUT2D eigenvalue weighted by Gasteiger charge is -2.12. The van der Waals surface area contributed by atoms with Gasteiger partial charge in [0.15, 0.2) is 5.65 Å². The number of carbonyl (C=O) groups is 3. The summed E-state index contributed by atoms with van der Waals surface area (Å²) in [5, 5.41) is 22.1. The van der Waals surface area contributed by atoms with Gasteiger partial charge in [0.25, 0.3) is 5.91 Å². The molecule has 2 heterocycles. The lowest BCUT2D eigenvalue weighted by molar-refractivity contribution is 0.0696. The minimum Gasteiger partial charge on any atom is -0.478 e. The van der Waals surface area contributed by atoms with Crippen LogP contribution in [0.3, 0.4) is 0 Å². The molecule has 0 spiro atoms. The zero-order valence-corrected chi connectivity index (χ0v) is 21.4. The molecule has 6 rings (SSSR count). The van der Waals surface area contributed by atoms with Crippen LogP contribution in [0.2, 0.25) is 0 Å². The second kappa shape index (κ2) is 10.5. The third kappa shape index (κ3) is 5.04. The standard InChI is InChI=1S/C32H21FN4O4/c33-26-7-3-6-23(15-26)25-16-27(31(39)34-18-19-8-10-21(11-9-19)32(40)41)37-28(17-25)35-36-30(37)29(38)24-13-12-20-4-1-2-5-22(20)14-24/h1-17H,18H2,(H,34,39)(H,40,41). The van der Waals surface area contributed by atoms with E-state index in [0.29, 0.717) is 22.3 Å². The number of nitrogens with one attached hydrogen (secondary N) is 1. The molecule has 0 aliphatic heterocycles. The van der Waals surface area contributed by atoms with Gasteiger partial charge in [0.2, 0.25) is 11.6 Å². The van der Waals surface area contributed by atoms with Crippen LogP contribution in [0.5, 0.6) is 0 Å². The predicted octanol–water partition coefficient (Wildman–Crippen LogP) is 5.55. The Morgan fingerprint density at radius 1 is 0.756 bits per heavy atom. The Bertz CT molecular complexity index is 1980. The molecule has 0 radical (unpaired) electrons. The molecule has 0 saturated heterocycles. The van der Waals surface area contributed by atoms with E-state index in [-0.39, 0.29) is 29.3 Å². The number of pyridine rings is 1. The number of hydrogen-bond donors (Lipinski definition) is 2. The monoisotopic (exact) mass is 544 g/mol. The van der Waals surface area contributed by atoms with E-state index < -0.39 is 23.5 Å². The molecule has 1 amide bonds. The van der Waals surface area contributed by atoms with Gasteiger partial charge < -0.3 is 10.4 Å². The van der Waals surface area contributed by atoms with Gasteiger partial charge in [-0.1, -0.05) is 60.7 Å². The average Bonchev–Trinajstić information content (AvgIpc) is 3.43. The van der Waals surface area contributed by atoms with E-state index in [1.807, 2.05) is 30.3 Å². The molecule has 200 valence electrons. The normalized spacial score (nSPS) is 11.0. The number of halogens is 1. The molecular formula is C32H21FN4O4. The summed E-state index contributed by atoms with van der Waals surface area (Å²) in [4.78, 5) is 38.4.